The Morgan fingerprint density at radius 3 is 2.54 bits per heavy atom. The molecule has 0 aliphatic carbocycles. The minimum absolute atomic E-state index is 0.0696. The van der Waals surface area contributed by atoms with E-state index < -0.39 is 0 Å². The second-order valence-corrected chi connectivity index (χ2v) is 6.41. The van der Waals surface area contributed by atoms with E-state index in [2.05, 4.69) is 10.5 Å². The number of rotatable bonds is 8. The summed E-state index contributed by atoms with van der Waals surface area (Å²) in [7, 11) is 3.25. The fourth-order valence-corrected chi connectivity index (χ4v) is 3.16. The zero-order chi connectivity index (χ0) is 17.5. The molecule has 2 aromatic rings. The van der Waals surface area contributed by atoms with Crippen LogP contribution in [0.15, 0.2) is 22.7 Å². The highest BCUT2D eigenvalue weighted by Crippen LogP contribution is 2.31. The molecule has 0 saturated heterocycles. The molecule has 0 radical (unpaired) electrons. The maximum Gasteiger partial charge on any atom is 0.226 e. The van der Waals surface area contributed by atoms with Crippen LogP contribution in [0.5, 0.6) is 11.5 Å². The van der Waals surface area contributed by atoms with Gasteiger partial charge in [-0.3, -0.25) is 4.79 Å². The first kappa shape index (κ1) is 18.2. The predicted molar refractivity (Wildman–Crippen MR) is 94.9 cm³/mol. The topological polar surface area (TPSA) is 73.6 Å². The Hall–Kier alpha value is -2.15. The Labute approximate surface area is 145 Å². The third-order valence-corrected chi connectivity index (χ3v) is 4.48. The van der Waals surface area contributed by atoms with Gasteiger partial charge in [0, 0.05) is 24.0 Å². The minimum atomic E-state index is -0.0696. The van der Waals surface area contributed by atoms with Crippen LogP contribution in [0.1, 0.15) is 23.3 Å². The van der Waals surface area contributed by atoms with Crippen LogP contribution in [-0.2, 0) is 10.5 Å². The van der Waals surface area contributed by atoms with Crippen LogP contribution in [0.2, 0.25) is 0 Å². The summed E-state index contributed by atoms with van der Waals surface area (Å²) in [5.74, 6) is 4.03. The van der Waals surface area contributed by atoms with Crippen LogP contribution in [0.25, 0.3) is 0 Å². The van der Waals surface area contributed by atoms with Gasteiger partial charge in [0.1, 0.15) is 5.76 Å². The zero-order valence-electron chi connectivity index (χ0n) is 14.3. The molecule has 0 unspecified atom stereocenters. The van der Waals surface area contributed by atoms with E-state index in [1.54, 1.807) is 39.0 Å². The zero-order valence-corrected chi connectivity index (χ0v) is 15.2. The van der Waals surface area contributed by atoms with Crippen LogP contribution < -0.4 is 14.8 Å². The van der Waals surface area contributed by atoms with E-state index in [-0.39, 0.29) is 5.91 Å². The summed E-state index contributed by atoms with van der Waals surface area (Å²) in [6.45, 7) is 3.82. The number of hydrogen-bond acceptors (Lipinski definition) is 6. The van der Waals surface area contributed by atoms with Crippen LogP contribution >= 0.6 is 11.8 Å². The Bertz CT molecular complexity index is 700. The van der Waals surface area contributed by atoms with Gasteiger partial charge >= 0.3 is 0 Å². The van der Waals surface area contributed by atoms with Gasteiger partial charge < -0.3 is 19.3 Å². The third kappa shape index (κ3) is 4.92. The van der Waals surface area contributed by atoms with Gasteiger partial charge in [-0.2, -0.15) is 11.8 Å². The standard InChI is InChI=1S/C17H22N2O4S/c1-11-7-14(21-3)15(22-4)9-13(11)10-24-6-5-17(20)18-16-8-12(2)23-19-16/h7-9H,5-6,10H2,1-4H3,(H,18,19,20). The predicted octanol–water partition coefficient (Wildman–Crippen LogP) is 3.57. The average Bonchev–Trinajstić information content (AvgIpc) is 2.97. The second kappa shape index (κ2) is 8.63. The minimum Gasteiger partial charge on any atom is -0.493 e. The fourth-order valence-electron chi connectivity index (χ4n) is 2.16. The normalized spacial score (nSPS) is 10.5. The van der Waals surface area contributed by atoms with Gasteiger partial charge in [0.25, 0.3) is 0 Å². The number of carbonyl (C=O) groups excluding carboxylic acids is 1. The lowest BCUT2D eigenvalue weighted by atomic mass is 10.1. The van der Waals surface area contributed by atoms with Gasteiger partial charge in [-0.25, -0.2) is 0 Å². The van der Waals surface area contributed by atoms with Gasteiger partial charge in [0.05, 0.1) is 14.2 Å². The Morgan fingerprint density at radius 1 is 1.21 bits per heavy atom. The van der Waals surface area contributed by atoms with Crippen molar-refractivity contribution in [2.75, 3.05) is 25.3 Å². The molecule has 1 heterocycles. The Balaban J connectivity index is 1.80. The van der Waals surface area contributed by atoms with Crippen molar-refractivity contribution in [2.45, 2.75) is 26.0 Å². The quantitative estimate of drug-likeness (QED) is 0.734. The smallest absolute Gasteiger partial charge is 0.226 e. The molecule has 0 atom stereocenters. The highest BCUT2D eigenvalue weighted by Gasteiger charge is 2.10. The number of nitrogens with zero attached hydrogens (tertiary/aromatic N) is 1. The maximum atomic E-state index is 11.8. The van der Waals surface area contributed by atoms with Gasteiger partial charge in [-0.05, 0) is 37.1 Å². The van der Waals surface area contributed by atoms with E-state index >= 15 is 0 Å². The number of ether oxygens (including phenoxy) is 2. The van der Waals surface area contributed by atoms with Gasteiger partial charge in [0.15, 0.2) is 17.3 Å². The molecule has 0 spiro atoms. The number of nitrogens with one attached hydrogen (secondary N) is 1. The van der Waals surface area contributed by atoms with Gasteiger partial charge in [-0.15, -0.1) is 0 Å². The van der Waals surface area contributed by atoms with Crippen LogP contribution in [0.3, 0.4) is 0 Å². The first-order chi connectivity index (χ1) is 11.5. The van der Waals surface area contributed by atoms with Crippen LogP contribution in [0, 0.1) is 13.8 Å². The number of benzene rings is 1. The number of anilines is 1. The van der Waals surface area contributed by atoms with Gasteiger partial charge in [-0.1, -0.05) is 5.16 Å². The first-order valence-electron chi connectivity index (χ1n) is 7.56. The van der Waals surface area contributed by atoms with E-state index in [9.17, 15) is 4.79 Å². The lowest BCUT2D eigenvalue weighted by molar-refractivity contribution is -0.115. The Morgan fingerprint density at radius 2 is 1.92 bits per heavy atom. The molecule has 1 aromatic carbocycles. The molecular weight excluding hydrogens is 328 g/mol. The number of thioether (sulfide) groups is 1. The van der Waals surface area contributed by atoms with Crippen LogP contribution in [-0.4, -0.2) is 31.0 Å². The molecule has 0 saturated carbocycles. The summed E-state index contributed by atoms with van der Waals surface area (Å²) in [6.07, 6.45) is 0.420. The molecule has 24 heavy (non-hydrogen) atoms. The summed E-state index contributed by atoms with van der Waals surface area (Å²) in [4.78, 5) is 11.8. The molecule has 0 aliphatic rings. The van der Waals surface area contributed by atoms with Crippen molar-refractivity contribution in [3.05, 3.63) is 35.1 Å². The fraction of sp³-hybridized carbons (Fsp3) is 0.412. The van der Waals surface area contributed by atoms with E-state index in [0.717, 1.165) is 28.6 Å². The molecule has 0 fully saturated rings. The lowest BCUT2D eigenvalue weighted by Gasteiger charge is -2.12. The number of carbonyl (C=O) groups is 1. The summed E-state index contributed by atoms with van der Waals surface area (Å²) in [5, 5.41) is 6.45. The van der Waals surface area contributed by atoms with Crippen molar-refractivity contribution in [3.63, 3.8) is 0 Å². The summed E-state index contributed by atoms with van der Waals surface area (Å²) >= 11 is 1.70. The monoisotopic (exact) mass is 350 g/mol. The molecule has 130 valence electrons. The highest BCUT2D eigenvalue weighted by atomic mass is 32.2. The van der Waals surface area contributed by atoms with Crippen LogP contribution in [0.4, 0.5) is 5.82 Å². The average molecular weight is 350 g/mol. The van der Waals surface area contributed by atoms with E-state index in [0.29, 0.717) is 18.0 Å². The van der Waals surface area contributed by atoms with E-state index in [1.165, 1.54) is 5.56 Å². The molecule has 2 rings (SSSR count). The lowest BCUT2D eigenvalue weighted by Crippen LogP contribution is -2.12. The van der Waals surface area contributed by atoms with Crippen molar-refractivity contribution in [1.29, 1.82) is 0 Å². The number of aromatic nitrogens is 1. The summed E-state index contributed by atoms with van der Waals surface area (Å²) in [5.41, 5.74) is 2.31. The van der Waals surface area contributed by atoms with E-state index in [1.807, 2.05) is 19.1 Å². The molecule has 7 heteroatoms. The van der Waals surface area contributed by atoms with E-state index in [4.69, 9.17) is 14.0 Å². The van der Waals surface area contributed by atoms with Crippen molar-refractivity contribution in [1.82, 2.24) is 5.16 Å². The molecule has 0 aliphatic heterocycles. The largest absolute Gasteiger partial charge is 0.493 e. The number of methoxy groups -OCH3 is 2. The molecule has 0 bridgehead atoms. The van der Waals surface area contributed by atoms with Gasteiger partial charge in [0.2, 0.25) is 5.91 Å². The summed E-state index contributed by atoms with van der Waals surface area (Å²) in [6, 6.07) is 5.64. The molecule has 6 nitrogen and oxygen atoms in total. The van der Waals surface area contributed by atoms with Crippen molar-refractivity contribution in [2.24, 2.45) is 0 Å². The Kier molecular flexibility index (Phi) is 6.54. The van der Waals surface area contributed by atoms with Crippen molar-refractivity contribution in [3.8, 4) is 11.5 Å². The molecule has 1 N–H and O–H groups in total. The van der Waals surface area contributed by atoms with Crippen molar-refractivity contribution < 1.29 is 18.8 Å². The second-order valence-electron chi connectivity index (χ2n) is 5.31. The molecular formula is C17H22N2O4S. The first-order valence-corrected chi connectivity index (χ1v) is 8.71. The molecule has 1 aromatic heterocycles. The maximum absolute atomic E-state index is 11.8. The number of aryl methyl sites for hydroxylation is 2. The SMILES string of the molecule is COc1cc(C)c(CSCCC(=O)Nc2cc(C)on2)cc1OC. The third-order valence-electron chi connectivity index (χ3n) is 3.47. The number of hydrogen-bond donors (Lipinski definition) is 1. The summed E-state index contributed by atoms with van der Waals surface area (Å²) < 4.78 is 15.5. The number of amides is 1. The molecule has 1 amide bonds. The van der Waals surface area contributed by atoms with Crippen molar-refractivity contribution >= 4 is 23.5 Å². The highest BCUT2D eigenvalue weighted by molar-refractivity contribution is 7.98.